The van der Waals surface area contributed by atoms with Crippen LogP contribution in [0.5, 0.6) is 5.75 Å². The van der Waals surface area contributed by atoms with Gasteiger partial charge >= 0.3 is 0 Å². The highest BCUT2D eigenvalue weighted by Gasteiger charge is 2.17. The van der Waals surface area contributed by atoms with Crippen molar-refractivity contribution in [1.82, 2.24) is 10.7 Å². The predicted molar refractivity (Wildman–Crippen MR) is 128 cm³/mol. The fourth-order valence-electron chi connectivity index (χ4n) is 3.20. The van der Waals surface area contributed by atoms with Crippen LogP contribution in [0.2, 0.25) is 0 Å². The molecule has 3 rings (SSSR count). The van der Waals surface area contributed by atoms with Crippen LogP contribution in [-0.4, -0.2) is 29.6 Å². The lowest BCUT2D eigenvalue weighted by Gasteiger charge is -2.14. The van der Waals surface area contributed by atoms with E-state index < -0.39 is 10.8 Å². The van der Waals surface area contributed by atoms with Crippen LogP contribution in [0.25, 0.3) is 0 Å². The van der Waals surface area contributed by atoms with Gasteiger partial charge in [0.1, 0.15) is 5.75 Å². The summed E-state index contributed by atoms with van der Waals surface area (Å²) in [5, 5.41) is 17.8. The van der Waals surface area contributed by atoms with Gasteiger partial charge in [-0.25, -0.2) is 5.43 Å². The van der Waals surface area contributed by atoms with Crippen LogP contribution in [0, 0.1) is 17.0 Å². The van der Waals surface area contributed by atoms with Gasteiger partial charge in [0.2, 0.25) is 0 Å². The number of amides is 2. The molecule has 0 saturated heterocycles. The molecule has 0 heterocycles. The van der Waals surface area contributed by atoms with Crippen molar-refractivity contribution in [3.8, 4) is 5.75 Å². The summed E-state index contributed by atoms with van der Waals surface area (Å²) in [5.41, 5.74) is 4.37. The number of hydrazone groups is 1. The quantitative estimate of drug-likeness (QED) is 0.285. The van der Waals surface area contributed by atoms with Crippen molar-refractivity contribution in [3.05, 3.63) is 105 Å². The molecule has 2 N–H and O–H groups in total. The van der Waals surface area contributed by atoms with Crippen molar-refractivity contribution < 1.29 is 19.2 Å². The van der Waals surface area contributed by atoms with Crippen LogP contribution in [0.15, 0.2) is 77.9 Å². The van der Waals surface area contributed by atoms with E-state index in [1.54, 1.807) is 24.3 Å². The van der Waals surface area contributed by atoms with Gasteiger partial charge < -0.3 is 10.1 Å². The number of hydrogen-bond donors (Lipinski definition) is 2. The maximum absolute atomic E-state index is 12.3. The molecule has 0 aliphatic carbocycles. The van der Waals surface area contributed by atoms with Crippen molar-refractivity contribution in [1.29, 1.82) is 0 Å². The Kier molecular flexibility index (Phi) is 8.07. The lowest BCUT2D eigenvalue weighted by atomic mass is 10.1. The third-order valence-electron chi connectivity index (χ3n) is 5.05. The highest BCUT2D eigenvalue weighted by Crippen LogP contribution is 2.21. The summed E-state index contributed by atoms with van der Waals surface area (Å²) in [6.07, 6.45) is 1.43. The van der Waals surface area contributed by atoms with E-state index in [0.29, 0.717) is 11.3 Å². The molecule has 0 aromatic heterocycles. The zero-order valence-corrected chi connectivity index (χ0v) is 18.7. The number of carbonyl (C=O) groups excluding carboxylic acids is 2. The Hall–Kier alpha value is -4.53. The van der Waals surface area contributed by atoms with Crippen molar-refractivity contribution in [3.63, 3.8) is 0 Å². The Morgan fingerprint density at radius 3 is 2.44 bits per heavy atom. The first-order valence-corrected chi connectivity index (χ1v) is 10.5. The van der Waals surface area contributed by atoms with Crippen molar-refractivity contribution >= 4 is 23.7 Å². The van der Waals surface area contributed by atoms with Crippen LogP contribution in [0.1, 0.15) is 40.0 Å². The molecule has 0 bridgehead atoms. The molecule has 0 saturated carbocycles. The summed E-state index contributed by atoms with van der Waals surface area (Å²) in [5.74, 6) is -0.273. The Bertz CT molecular complexity index is 1190. The number of nitrogens with zero attached hydrogens (tertiary/aromatic N) is 2. The first kappa shape index (κ1) is 24.1. The number of nitro benzene ring substituents is 1. The summed E-state index contributed by atoms with van der Waals surface area (Å²) < 4.78 is 5.52. The molecule has 0 radical (unpaired) electrons. The van der Waals surface area contributed by atoms with Gasteiger partial charge in [0.25, 0.3) is 17.5 Å². The van der Waals surface area contributed by atoms with Crippen molar-refractivity contribution in [2.45, 2.75) is 19.9 Å². The molecule has 3 aromatic carbocycles. The lowest BCUT2D eigenvalue weighted by molar-refractivity contribution is -0.385. The fraction of sp³-hybridized carbons (Fsp3) is 0.160. The van der Waals surface area contributed by atoms with Gasteiger partial charge in [-0.05, 0) is 55.3 Å². The highest BCUT2D eigenvalue weighted by molar-refractivity contribution is 5.97. The third kappa shape index (κ3) is 6.49. The zero-order chi connectivity index (χ0) is 24.5. The summed E-state index contributed by atoms with van der Waals surface area (Å²) >= 11 is 0. The van der Waals surface area contributed by atoms with Gasteiger partial charge in [-0.2, -0.15) is 5.10 Å². The first-order chi connectivity index (χ1) is 16.3. The standard InChI is InChI=1S/C25H24N4O5/c1-17-22(9-6-10-23(17)29(32)33)25(31)28-26-15-19-11-13-21(14-12-19)34-16-24(30)27-18(2)20-7-4-3-5-8-20/h3-15,18H,16H2,1-2H3,(H,27,30)(H,28,31)/b26-15-/t18-/m0/s1. The van der Waals surface area contributed by atoms with Gasteiger partial charge in [0.15, 0.2) is 6.61 Å². The van der Waals surface area contributed by atoms with E-state index in [4.69, 9.17) is 4.74 Å². The molecule has 0 unspecified atom stereocenters. The normalized spacial score (nSPS) is 11.6. The largest absolute Gasteiger partial charge is 0.484 e. The number of nitro groups is 1. The molecule has 9 nitrogen and oxygen atoms in total. The maximum atomic E-state index is 12.3. The molecule has 0 spiro atoms. The van der Waals surface area contributed by atoms with Gasteiger partial charge in [-0.15, -0.1) is 0 Å². The van der Waals surface area contributed by atoms with E-state index >= 15 is 0 Å². The smallest absolute Gasteiger partial charge is 0.273 e. The van der Waals surface area contributed by atoms with Crippen LogP contribution in [-0.2, 0) is 4.79 Å². The van der Waals surface area contributed by atoms with Crippen LogP contribution >= 0.6 is 0 Å². The molecule has 0 fully saturated rings. The summed E-state index contributed by atoms with van der Waals surface area (Å²) in [6.45, 7) is 3.29. The molecule has 174 valence electrons. The second kappa shape index (κ2) is 11.4. The maximum Gasteiger partial charge on any atom is 0.273 e. The number of nitrogens with one attached hydrogen (secondary N) is 2. The monoisotopic (exact) mass is 460 g/mol. The minimum Gasteiger partial charge on any atom is -0.484 e. The van der Waals surface area contributed by atoms with Crippen molar-refractivity contribution in [2.24, 2.45) is 5.10 Å². The molecule has 3 aromatic rings. The minimum atomic E-state index is -0.548. The molecule has 1 atom stereocenters. The van der Waals surface area contributed by atoms with Gasteiger partial charge in [0.05, 0.1) is 22.7 Å². The number of carbonyl (C=O) groups is 2. The lowest BCUT2D eigenvalue weighted by Crippen LogP contribution is -2.31. The zero-order valence-electron chi connectivity index (χ0n) is 18.7. The molecule has 0 aliphatic heterocycles. The fourth-order valence-corrected chi connectivity index (χ4v) is 3.20. The Morgan fingerprint density at radius 2 is 1.76 bits per heavy atom. The number of rotatable bonds is 9. The van der Waals surface area contributed by atoms with Gasteiger partial charge in [-0.3, -0.25) is 19.7 Å². The summed E-state index contributed by atoms with van der Waals surface area (Å²) in [4.78, 5) is 34.9. The van der Waals surface area contributed by atoms with Crippen LogP contribution in [0.3, 0.4) is 0 Å². The van der Waals surface area contributed by atoms with E-state index in [9.17, 15) is 19.7 Å². The van der Waals surface area contributed by atoms with Crippen molar-refractivity contribution in [2.75, 3.05) is 6.61 Å². The summed E-state index contributed by atoms with van der Waals surface area (Å²) in [6, 6.07) is 20.6. The molecule has 2 amide bonds. The van der Waals surface area contributed by atoms with E-state index in [0.717, 1.165) is 5.56 Å². The highest BCUT2D eigenvalue weighted by atomic mass is 16.6. The summed E-state index contributed by atoms with van der Waals surface area (Å²) in [7, 11) is 0. The first-order valence-electron chi connectivity index (χ1n) is 10.5. The molecule has 9 heteroatoms. The number of ether oxygens (including phenoxy) is 1. The topological polar surface area (TPSA) is 123 Å². The third-order valence-corrected chi connectivity index (χ3v) is 5.05. The average Bonchev–Trinajstić information content (AvgIpc) is 2.84. The van der Waals surface area contributed by atoms with E-state index in [2.05, 4.69) is 15.8 Å². The van der Waals surface area contributed by atoms with E-state index in [-0.39, 0.29) is 35.4 Å². The van der Waals surface area contributed by atoms with Gasteiger partial charge in [0, 0.05) is 11.6 Å². The van der Waals surface area contributed by atoms with Crippen LogP contribution in [0.4, 0.5) is 5.69 Å². The number of hydrogen-bond acceptors (Lipinski definition) is 6. The van der Waals surface area contributed by atoms with E-state index in [1.807, 2.05) is 37.3 Å². The molecule has 34 heavy (non-hydrogen) atoms. The molecule has 0 aliphatic rings. The number of benzene rings is 3. The predicted octanol–water partition coefficient (Wildman–Crippen LogP) is 3.92. The Labute approximate surface area is 196 Å². The minimum absolute atomic E-state index is 0.122. The second-order valence-corrected chi connectivity index (χ2v) is 7.46. The Balaban J connectivity index is 1.49. The Morgan fingerprint density at radius 1 is 1.06 bits per heavy atom. The average molecular weight is 460 g/mol. The second-order valence-electron chi connectivity index (χ2n) is 7.46. The molecular formula is C25H24N4O5. The van der Waals surface area contributed by atoms with Gasteiger partial charge in [-0.1, -0.05) is 36.4 Å². The van der Waals surface area contributed by atoms with Crippen LogP contribution < -0.4 is 15.5 Å². The van der Waals surface area contributed by atoms with E-state index in [1.165, 1.54) is 31.3 Å². The molecular weight excluding hydrogens is 436 g/mol. The SMILES string of the molecule is Cc1c(C(=O)N/N=C\c2ccc(OCC(=O)N[C@@H](C)c3ccccc3)cc2)cccc1[N+](=O)[O-].